The minimum atomic E-state index is -0.503. The number of hydrogen-bond donors (Lipinski definition) is 4. The molecular weight excluding hydrogens is 212 g/mol. The van der Waals surface area contributed by atoms with Gasteiger partial charge < -0.3 is 4.74 Å². The van der Waals surface area contributed by atoms with Gasteiger partial charge in [-0.15, -0.1) is 0 Å². The molecule has 0 unspecified atom stereocenters. The molecule has 0 bridgehead atoms. The maximum absolute atomic E-state index is 11.3. The first-order valence-corrected chi connectivity index (χ1v) is 4.34. The molecule has 6 N–H and O–H groups in total. The summed E-state index contributed by atoms with van der Waals surface area (Å²) in [6.45, 7) is 0. The van der Waals surface area contributed by atoms with Gasteiger partial charge in [-0.2, -0.15) is 0 Å². The Labute approximate surface area is 91.7 Å². The smallest absolute Gasteiger partial charge is 0.268 e. The van der Waals surface area contributed by atoms with Crippen molar-refractivity contribution in [3.05, 3.63) is 29.3 Å². The lowest BCUT2D eigenvalue weighted by Gasteiger charge is -2.08. The van der Waals surface area contributed by atoms with E-state index in [1.54, 1.807) is 0 Å². The number of carbonyl (C=O) groups excluding carboxylic acids is 2. The van der Waals surface area contributed by atoms with Gasteiger partial charge in [0.05, 0.1) is 12.7 Å². The Morgan fingerprint density at radius 1 is 1.19 bits per heavy atom. The second-order valence-electron chi connectivity index (χ2n) is 2.86. The average Bonchev–Trinajstić information content (AvgIpc) is 2.35. The Morgan fingerprint density at radius 2 is 1.81 bits per heavy atom. The maximum atomic E-state index is 11.3. The summed E-state index contributed by atoms with van der Waals surface area (Å²) in [7, 11) is 1.38. The molecule has 0 saturated heterocycles. The lowest BCUT2D eigenvalue weighted by molar-refractivity contribution is 0.0939. The molecule has 2 amide bonds. The number of hydrogen-bond acceptors (Lipinski definition) is 5. The predicted octanol–water partition coefficient (Wildman–Crippen LogP) is -1.10. The van der Waals surface area contributed by atoms with Gasteiger partial charge in [0.15, 0.2) is 0 Å². The molecule has 1 rings (SSSR count). The Morgan fingerprint density at radius 3 is 2.31 bits per heavy atom. The van der Waals surface area contributed by atoms with Gasteiger partial charge in [-0.1, -0.05) is 0 Å². The Hall–Kier alpha value is -2.12. The molecule has 7 nitrogen and oxygen atoms in total. The number of ether oxygens (including phenoxy) is 1. The van der Waals surface area contributed by atoms with E-state index in [0.717, 1.165) is 0 Å². The quantitative estimate of drug-likeness (QED) is 0.295. The molecule has 0 saturated carbocycles. The normalized spacial score (nSPS) is 9.44. The number of nitrogens with one attached hydrogen (secondary N) is 2. The monoisotopic (exact) mass is 224 g/mol. The third-order valence-electron chi connectivity index (χ3n) is 1.97. The Kier molecular flexibility index (Phi) is 3.81. The number of nitrogens with two attached hydrogens (primary N) is 2. The largest absolute Gasteiger partial charge is 0.496 e. The molecule has 86 valence electrons. The van der Waals surface area contributed by atoms with E-state index in [9.17, 15) is 9.59 Å². The van der Waals surface area contributed by atoms with Crippen LogP contribution in [0.25, 0.3) is 0 Å². The molecule has 0 atom stereocenters. The van der Waals surface area contributed by atoms with Crippen LogP contribution >= 0.6 is 0 Å². The molecule has 0 aliphatic carbocycles. The molecule has 7 heteroatoms. The van der Waals surface area contributed by atoms with Crippen LogP contribution < -0.4 is 27.3 Å². The number of nitrogen functional groups attached to an aromatic ring is 2. The molecule has 1 aromatic rings. The van der Waals surface area contributed by atoms with Crippen LogP contribution in [0.3, 0.4) is 0 Å². The van der Waals surface area contributed by atoms with Crippen molar-refractivity contribution >= 4 is 11.8 Å². The molecule has 16 heavy (non-hydrogen) atoms. The Bertz CT molecular complexity index is 419. The van der Waals surface area contributed by atoms with Crippen LogP contribution in [0.4, 0.5) is 0 Å². The summed E-state index contributed by atoms with van der Waals surface area (Å²) in [4.78, 5) is 22.5. The minimum Gasteiger partial charge on any atom is -0.496 e. The van der Waals surface area contributed by atoms with E-state index in [1.807, 2.05) is 10.9 Å². The molecule has 0 spiro atoms. The zero-order chi connectivity index (χ0) is 12.1. The summed E-state index contributed by atoms with van der Waals surface area (Å²) in [5, 5.41) is 0. The van der Waals surface area contributed by atoms with Gasteiger partial charge in [-0.25, -0.2) is 11.7 Å². The van der Waals surface area contributed by atoms with E-state index in [2.05, 4.69) is 0 Å². The fourth-order valence-corrected chi connectivity index (χ4v) is 1.18. The number of amides is 2. The lowest BCUT2D eigenvalue weighted by Crippen LogP contribution is -2.31. The van der Waals surface area contributed by atoms with Crippen LogP contribution in [-0.2, 0) is 0 Å². The molecule has 0 aliphatic heterocycles. The fourth-order valence-electron chi connectivity index (χ4n) is 1.18. The molecule has 0 aliphatic rings. The highest BCUT2D eigenvalue weighted by atomic mass is 16.5. The predicted molar refractivity (Wildman–Crippen MR) is 56.3 cm³/mol. The number of carbonyl (C=O) groups is 2. The van der Waals surface area contributed by atoms with E-state index in [-0.39, 0.29) is 16.9 Å². The summed E-state index contributed by atoms with van der Waals surface area (Å²) in [5.74, 6) is 9.24. The van der Waals surface area contributed by atoms with E-state index in [0.29, 0.717) is 0 Å². The first kappa shape index (κ1) is 12.0. The average molecular weight is 224 g/mol. The van der Waals surface area contributed by atoms with Crippen LogP contribution in [0.15, 0.2) is 18.2 Å². The highest BCUT2D eigenvalue weighted by Crippen LogP contribution is 2.19. The van der Waals surface area contributed by atoms with E-state index in [1.165, 1.54) is 25.3 Å². The van der Waals surface area contributed by atoms with Gasteiger partial charge >= 0.3 is 0 Å². The van der Waals surface area contributed by atoms with Crippen molar-refractivity contribution in [2.75, 3.05) is 7.11 Å². The van der Waals surface area contributed by atoms with Crippen LogP contribution in [0, 0.1) is 0 Å². The van der Waals surface area contributed by atoms with Gasteiger partial charge in [-0.05, 0) is 18.2 Å². The van der Waals surface area contributed by atoms with Crippen LogP contribution in [-0.4, -0.2) is 18.9 Å². The summed E-state index contributed by atoms with van der Waals surface area (Å²) < 4.78 is 4.97. The molecule has 0 radical (unpaired) electrons. The first-order valence-electron chi connectivity index (χ1n) is 4.34. The number of methoxy groups -OCH3 is 1. The van der Waals surface area contributed by atoms with Crippen LogP contribution in [0.5, 0.6) is 5.75 Å². The summed E-state index contributed by atoms with van der Waals surface area (Å²) >= 11 is 0. The van der Waals surface area contributed by atoms with Crippen molar-refractivity contribution in [2.24, 2.45) is 11.7 Å². The maximum Gasteiger partial charge on any atom is 0.268 e. The second-order valence-corrected chi connectivity index (χ2v) is 2.86. The van der Waals surface area contributed by atoms with Crippen molar-refractivity contribution < 1.29 is 14.3 Å². The fraction of sp³-hybridized carbons (Fsp3) is 0.111. The van der Waals surface area contributed by atoms with E-state index >= 15 is 0 Å². The molecule has 0 aromatic heterocycles. The highest BCUT2D eigenvalue weighted by molar-refractivity contribution is 5.99. The molecule has 0 heterocycles. The van der Waals surface area contributed by atoms with Gasteiger partial charge in [-0.3, -0.25) is 20.4 Å². The second kappa shape index (κ2) is 5.10. The standard InChI is InChI=1S/C9H12N4O3/c1-16-7-4-5(8(14)12-10)2-3-6(7)9(15)13-11/h2-4H,10-11H2,1H3,(H,12,14)(H,13,15). The SMILES string of the molecule is COc1cc(C(=O)NN)ccc1C(=O)NN. The zero-order valence-corrected chi connectivity index (χ0v) is 8.61. The summed E-state index contributed by atoms with van der Waals surface area (Å²) in [6, 6.07) is 4.26. The van der Waals surface area contributed by atoms with Crippen LogP contribution in [0.2, 0.25) is 0 Å². The third-order valence-corrected chi connectivity index (χ3v) is 1.97. The number of rotatable bonds is 3. The molecular formula is C9H12N4O3. The summed E-state index contributed by atoms with van der Waals surface area (Å²) in [5.41, 5.74) is 4.47. The highest BCUT2D eigenvalue weighted by Gasteiger charge is 2.13. The van der Waals surface area contributed by atoms with E-state index < -0.39 is 11.8 Å². The van der Waals surface area contributed by atoms with Gasteiger partial charge in [0, 0.05) is 5.56 Å². The minimum absolute atomic E-state index is 0.235. The molecule has 0 fully saturated rings. The van der Waals surface area contributed by atoms with Crippen LogP contribution in [0.1, 0.15) is 20.7 Å². The van der Waals surface area contributed by atoms with Crippen molar-refractivity contribution in [3.63, 3.8) is 0 Å². The topological polar surface area (TPSA) is 119 Å². The number of benzene rings is 1. The van der Waals surface area contributed by atoms with Gasteiger partial charge in [0.2, 0.25) is 0 Å². The third kappa shape index (κ3) is 2.27. The number of hydrazine groups is 2. The first-order chi connectivity index (χ1) is 7.63. The summed E-state index contributed by atoms with van der Waals surface area (Å²) in [6.07, 6.45) is 0. The lowest BCUT2D eigenvalue weighted by atomic mass is 10.1. The van der Waals surface area contributed by atoms with Crippen molar-refractivity contribution in [3.8, 4) is 5.75 Å². The van der Waals surface area contributed by atoms with E-state index in [4.69, 9.17) is 16.4 Å². The van der Waals surface area contributed by atoms with Crippen molar-refractivity contribution in [1.29, 1.82) is 0 Å². The zero-order valence-electron chi connectivity index (χ0n) is 8.61. The Balaban J connectivity index is 3.16. The van der Waals surface area contributed by atoms with Gasteiger partial charge in [0.1, 0.15) is 5.75 Å². The molecule has 1 aromatic carbocycles. The van der Waals surface area contributed by atoms with Crippen molar-refractivity contribution in [2.45, 2.75) is 0 Å². The van der Waals surface area contributed by atoms with Gasteiger partial charge in [0.25, 0.3) is 11.8 Å². The van der Waals surface area contributed by atoms with Crippen molar-refractivity contribution in [1.82, 2.24) is 10.9 Å².